The van der Waals surface area contributed by atoms with Crippen LogP contribution < -0.4 is 10.2 Å². The van der Waals surface area contributed by atoms with Crippen LogP contribution in [0.1, 0.15) is 38.5 Å². The molecule has 2 atom stereocenters. The van der Waals surface area contributed by atoms with E-state index in [0.29, 0.717) is 12.0 Å². The van der Waals surface area contributed by atoms with Crippen molar-refractivity contribution in [1.29, 1.82) is 0 Å². The Morgan fingerprint density at radius 1 is 1.20 bits per heavy atom. The fraction of sp³-hybridized carbons (Fsp3) is 0.733. The first kappa shape index (κ1) is 13.6. The van der Waals surface area contributed by atoms with Crippen LogP contribution in [0.5, 0.6) is 0 Å². The van der Waals surface area contributed by atoms with Gasteiger partial charge in [0, 0.05) is 31.8 Å². The maximum Gasteiger partial charge on any atom is 0.134 e. The molecule has 0 spiro atoms. The van der Waals surface area contributed by atoms with Crippen LogP contribution in [0.3, 0.4) is 0 Å². The monoisotopic (exact) mass is 276 g/mol. The minimum Gasteiger partial charge on any atom is -0.396 e. The van der Waals surface area contributed by atoms with Crippen LogP contribution in [-0.4, -0.2) is 40.8 Å². The van der Waals surface area contributed by atoms with Gasteiger partial charge in [0.2, 0.25) is 0 Å². The molecule has 2 aliphatic rings. The summed E-state index contributed by atoms with van der Waals surface area (Å²) < 4.78 is 0. The molecule has 3 rings (SSSR count). The van der Waals surface area contributed by atoms with Crippen molar-refractivity contribution >= 4 is 11.6 Å². The molecule has 1 aromatic heterocycles. The summed E-state index contributed by atoms with van der Waals surface area (Å²) in [7, 11) is 0. The Bertz CT molecular complexity index is 434. The summed E-state index contributed by atoms with van der Waals surface area (Å²) in [4.78, 5) is 11.1. The molecule has 1 saturated heterocycles. The van der Waals surface area contributed by atoms with Crippen LogP contribution in [0, 0.1) is 5.92 Å². The van der Waals surface area contributed by atoms with Crippen LogP contribution in [0.25, 0.3) is 0 Å². The molecule has 5 nitrogen and oxygen atoms in total. The van der Waals surface area contributed by atoms with Crippen molar-refractivity contribution < 1.29 is 5.11 Å². The summed E-state index contributed by atoms with van der Waals surface area (Å²) in [5, 5.41) is 12.7. The quantitative estimate of drug-likeness (QED) is 0.862. The van der Waals surface area contributed by atoms with Crippen molar-refractivity contribution in [2.45, 2.75) is 44.6 Å². The van der Waals surface area contributed by atoms with Crippen LogP contribution in [-0.2, 0) is 0 Å². The molecular weight excluding hydrogens is 252 g/mol. The number of aromatic nitrogens is 2. The van der Waals surface area contributed by atoms with Crippen LogP contribution in [0.4, 0.5) is 11.6 Å². The minimum atomic E-state index is 0.283. The zero-order valence-corrected chi connectivity index (χ0v) is 12.0. The molecule has 110 valence electrons. The molecule has 1 aromatic rings. The van der Waals surface area contributed by atoms with Gasteiger partial charge in [0.1, 0.15) is 18.0 Å². The SMILES string of the molecule is OCC[C@@H]1CCC[C@@H]1Nc1cc(N2CCCC2)ncn1. The molecule has 5 heteroatoms. The second kappa shape index (κ2) is 6.39. The van der Waals surface area contributed by atoms with E-state index in [4.69, 9.17) is 5.11 Å². The Labute approximate surface area is 120 Å². The van der Waals surface area contributed by atoms with Crippen molar-refractivity contribution in [2.24, 2.45) is 5.92 Å². The first-order chi connectivity index (χ1) is 9.86. The largest absolute Gasteiger partial charge is 0.396 e. The number of aliphatic hydroxyl groups excluding tert-OH is 1. The maximum atomic E-state index is 9.14. The average molecular weight is 276 g/mol. The van der Waals surface area contributed by atoms with Gasteiger partial charge in [-0.3, -0.25) is 0 Å². The van der Waals surface area contributed by atoms with Gasteiger partial charge in [0.15, 0.2) is 0 Å². The van der Waals surface area contributed by atoms with E-state index in [1.165, 1.54) is 32.1 Å². The van der Waals surface area contributed by atoms with E-state index in [1.54, 1.807) is 6.33 Å². The van der Waals surface area contributed by atoms with Gasteiger partial charge in [0.05, 0.1) is 0 Å². The van der Waals surface area contributed by atoms with Gasteiger partial charge in [-0.25, -0.2) is 9.97 Å². The van der Waals surface area contributed by atoms with Crippen molar-refractivity contribution in [2.75, 3.05) is 29.9 Å². The maximum absolute atomic E-state index is 9.14. The topological polar surface area (TPSA) is 61.3 Å². The number of anilines is 2. The van der Waals surface area contributed by atoms with Crippen LogP contribution >= 0.6 is 0 Å². The molecule has 2 heterocycles. The second-order valence-electron chi connectivity index (χ2n) is 5.91. The molecular formula is C15H24N4O. The number of aliphatic hydroxyl groups is 1. The zero-order chi connectivity index (χ0) is 13.8. The molecule has 0 unspecified atom stereocenters. The lowest BCUT2D eigenvalue weighted by Crippen LogP contribution is -2.26. The van der Waals surface area contributed by atoms with Gasteiger partial charge in [0.25, 0.3) is 0 Å². The third-order valence-electron chi connectivity index (χ3n) is 4.57. The number of nitrogens with one attached hydrogen (secondary N) is 1. The van der Waals surface area contributed by atoms with Gasteiger partial charge >= 0.3 is 0 Å². The predicted molar refractivity (Wildman–Crippen MR) is 79.9 cm³/mol. The van der Waals surface area contributed by atoms with Crippen molar-refractivity contribution in [1.82, 2.24) is 9.97 Å². The Morgan fingerprint density at radius 2 is 2.05 bits per heavy atom. The molecule has 1 aliphatic heterocycles. The van der Waals surface area contributed by atoms with E-state index < -0.39 is 0 Å². The fourth-order valence-electron chi connectivity index (χ4n) is 3.47. The lowest BCUT2D eigenvalue weighted by atomic mass is 10.00. The summed E-state index contributed by atoms with van der Waals surface area (Å²) in [6, 6.07) is 2.52. The molecule has 1 aliphatic carbocycles. The van der Waals surface area contributed by atoms with E-state index >= 15 is 0 Å². The van der Waals surface area contributed by atoms with Gasteiger partial charge in [-0.1, -0.05) is 6.42 Å². The normalized spacial score (nSPS) is 26.1. The zero-order valence-electron chi connectivity index (χ0n) is 12.0. The van der Waals surface area contributed by atoms with Gasteiger partial charge < -0.3 is 15.3 Å². The highest BCUT2D eigenvalue weighted by atomic mass is 16.3. The lowest BCUT2D eigenvalue weighted by molar-refractivity contribution is 0.254. The van der Waals surface area contributed by atoms with Crippen LogP contribution in [0.15, 0.2) is 12.4 Å². The van der Waals surface area contributed by atoms with Crippen LogP contribution in [0.2, 0.25) is 0 Å². The number of hydrogen-bond donors (Lipinski definition) is 2. The van der Waals surface area contributed by atoms with E-state index in [-0.39, 0.29) is 6.61 Å². The first-order valence-electron chi connectivity index (χ1n) is 7.81. The van der Waals surface area contributed by atoms with E-state index in [1.807, 2.05) is 0 Å². The molecule has 0 bridgehead atoms. The minimum absolute atomic E-state index is 0.283. The van der Waals surface area contributed by atoms with Crippen molar-refractivity contribution in [3.05, 3.63) is 12.4 Å². The Hall–Kier alpha value is -1.36. The standard InChI is InChI=1S/C15H24N4O/c20-9-6-12-4-3-5-13(12)18-14-10-15(17-11-16-14)19-7-1-2-8-19/h10-13,20H,1-9H2,(H,16,17,18)/t12-,13-/m0/s1. The molecule has 20 heavy (non-hydrogen) atoms. The average Bonchev–Trinajstić information content (AvgIpc) is 3.12. The van der Waals surface area contributed by atoms with Crippen molar-refractivity contribution in [3.63, 3.8) is 0 Å². The second-order valence-corrected chi connectivity index (χ2v) is 5.91. The highest BCUT2D eigenvalue weighted by Gasteiger charge is 2.27. The van der Waals surface area contributed by atoms with E-state index in [2.05, 4.69) is 26.3 Å². The Balaban J connectivity index is 1.66. The molecule has 1 saturated carbocycles. The number of rotatable bonds is 5. The summed E-state index contributed by atoms with van der Waals surface area (Å²) in [6.45, 7) is 2.49. The first-order valence-corrected chi connectivity index (χ1v) is 7.81. The smallest absolute Gasteiger partial charge is 0.134 e. The number of nitrogens with zero attached hydrogens (tertiary/aromatic N) is 3. The fourth-order valence-corrected chi connectivity index (χ4v) is 3.47. The predicted octanol–water partition coefficient (Wildman–Crippen LogP) is 2.04. The highest BCUT2D eigenvalue weighted by molar-refractivity contribution is 5.49. The lowest BCUT2D eigenvalue weighted by Gasteiger charge is -2.22. The third-order valence-corrected chi connectivity index (χ3v) is 4.57. The Morgan fingerprint density at radius 3 is 2.85 bits per heavy atom. The van der Waals surface area contributed by atoms with Crippen molar-refractivity contribution in [3.8, 4) is 0 Å². The molecule has 0 amide bonds. The molecule has 2 fully saturated rings. The van der Waals surface area contributed by atoms with Gasteiger partial charge in [-0.2, -0.15) is 0 Å². The van der Waals surface area contributed by atoms with Gasteiger partial charge in [-0.15, -0.1) is 0 Å². The Kier molecular flexibility index (Phi) is 4.35. The molecule has 2 N–H and O–H groups in total. The van der Waals surface area contributed by atoms with E-state index in [0.717, 1.165) is 31.1 Å². The third kappa shape index (κ3) is 3.03. The molecule has 0 aromatic carbocycles. The summed E-state index contributed by atoms with van der Waals surface area (Å²) in [5.74, 6) is 2.54. The summed E-state index contributed by atoms with van der Waals surface area (Å²) >= 11 is 0. The van der Waals surface area contributed by atoms with Gasteiger partial charge in [-0.05, 0) is 38.0 Å². The molecule has 0 radical (unpaired) electrons. The number of hydrogen-bond acceptors (Lipinski definition) is 5. The summed E-state index contributed by atoms with van der Waals surface area (Å²) in [6.07, 6.45) is 8.69. The van der Waals surface area contributed by atoms with E-state index in [9.17, 15) is 0 Å². The highest BCUT2D eigenvalue weighted by Crippen LogP contribution is 2.31. The summed E-state index contributed by atoms with van der Waals surface area (Å²) in [5.41, 5.74) is 0.